The third kappa shape index (κ3) is 5.93. The van der Waals surface area contributed by atoms with Crippen LogP contribution in [0.4, 0.5) is 4.39 Å². The lowest BCUT2D eigenvalue weighted by atomic mass is 10.1. The molecule has 0 heterocycles. The Labute approximate surface area is 119 Å². The molecule has 0 fully saturated rings. The number of hydrogen-bond donors (Lipinski definition) is 2. The summed E-state index contributed by atoms with van der Waals surface area (Å²) < 4.78 is 12.8. The van der Waals surface area contributed by atoms with Crippen LogP contribution in [-0.2, 0) is 6.42 Å². The highest BCUT2D eigenvalue weighted by Gasteiger charge is 2.16. The number of nitrogens with one attached hydrogen (secondary N) is 1. The van der Waals surface area contributed by atoms with Gasteiger partial charge >= 0.3 is 0 Å². The SMILES string of the molecule is CSC(CO)C(C)NC(C)CCc1ccc(F)cc1. The van der Waals surface area contributed by atoms with Crippen molar-refractivity contribution < 1.29 is 9.50 Å². The molecular formula is C15H24FNOS. The normalized spacial score (nSPS) is 16.1. The molecule has 3 atom stereocenters. The number of thioether (sulfide) groups is 1. The first kappa shape index (κ1) is 16.5. The molecule has 0 aliphatic rings. The predicted octanol–water partition coefficient (Wildman–Crippen LogP) is 2.85. The van der Waals surface area contributed by atoms with Crippen LogP contribution in [-0.4, -0.2) is 35.3 Å². The number of rotatable bonds is 8. The van der Waals surface area contributed by atoms with Crippen LogP contribution in [0.25, 0.3) is 0 Å². The minimum atomic E-state index is -0.186. The van der Waals surface area contributed by atoms with Gasteiger partial charge in [0.25, 0.3) is 0 Å². The molecule has 0 saturated heterocycles. The average molecular weight is 285 g/mol. The molecule has 4 heteroatoms. The maximum Gasteiger partial charge on any atom is 0.123 e. The van der Waals surface area contributed by atoms with Crippen LogP contribution in [0.1, 0.15) is 25.8 Å². The van der Waals surface area contributed by atoms with E-state index in [1.807, 2.05) is 18.4 Å². The van der Waals surface area contributed by atoms with E-state index in [-0.39, 0.29) is 23.7 Å². The summed E-state index contributed by atoms with van der Waals surface area (Å²) >= 11 is 1.68. The predicted molar refractivity (Wildman–Crippen MR) is 81.2 cm³/mol. The molecule has 3 unspecified atom stereocenters. The van der Waals surface area contributed by atoms with Gasteiger partial charge in [0.05, 0.1) is 6.61 Å². The summed E-state index contributed by atoms with van der Waals surface area (Å²) in [4.78, 5) is 0. The maximum absolute atomic E-state index is 12.8. The number of aliphatic hydroxyl groups excluding tert-OH is 1. The minimum Gasteiger partial charge on any atom is -0.395 e. The van der Waals surface area contributed by atoms with E-state index < -0.39 is 0 Å². The molecule has 0 saturated carbocycles. The highest BCUT2D eigenvalue weighted by atomic mass is 32.2. The first-order valence-corrected chi connectivity index (χ1v) is 7.99. The van der Waals surface area contributed by atoms with Crippen molar-refractivity contribution in [2.45, 2.75) is 44.0 Å². The van der Waals surface area contributed by atoms with Crippen LogP contribution >= 0.6 is 11.8 Å². The zero-order valence-corrected chi connectivity index (χ0v) is 12.7. The maximum atomic E-state index is 12.8. The Bertz CT molecular complexity index is 354. The van der Waals surface area contributed by atoms with Crippen molar-refractivity contribution in [1.82, 2.24) is 5.32 Å². The fourth-order valence-electron chi connectivity index (χ4n) is 2.11. The Morgan fingerprint density at radius 1 is 1.26 bits per heavy atom. The number of hydrogen-bond acceptors (Lipinski definition) is 3. The van der Waals surface area contributed by atoms with Gasteiger partial charge in [0.15, 0.2) is 0 Å². The third-order valence-corrected chi connectivity index (χ3v) is 4.53. The van der Waals surface area contributed by atoms with Gasteiger partial charge in [-0.05, 0) is 50.6 Å². The van der Waals surface area contributed by atoms with Gasteiger partial charge in [0, 0.05) is 17.3 Å². The second-order valence-electron chi connectivity index (χ2n) is 4.98. The van der Waals surface area contributed by atoms with E-state index in [0.29, 0.717) is 6.04 Å². The highest BCUT2D eigenvalue weighted by Crippen LogP contribution is 2.12. The van der Waals surface area contributed by atoms with Crippen LogP contribution in [0.15, 0.2) is 24.3 Å². The minimum absolute atomic E-state index is 0.186. The van der Waals surface area contributed by atoms with Crippen molar-refractivity contribution in [1.29, 1.82) is 0 Å². The lowest BCUT2D eigenvalue weighted by molar-refractivity contribution is 0.270. The van der Waals surface area contributed by atoms with E-state index in [9.17, 15) is 9.50 Å². The average Bonchev–Trinajstić information content (AvgIpc) is 2.39. The van der Waals surface area contributed by atoms with E-state index in [4.69, 9.17) is 0 Å². The molecule has 0 bridgehead atoms. The molecule has 0 amide bonds. The first-order chi connectivity index (χ1) is 9.06. The van der Waals surface area contributed by atoms with Gasteiger partial charge in [-0.2, -0.15) is 11.8 Å². The largest absolute Gasteiger partial charge is 0.395 e. The molecule has 0 aliphatic carbocycles. The van der Waals surface area contributed by atoms with Gasteiger partial charge in [-0.25, -0.2) is 4.39 Å². The number of aryl methyl sites for hydroxylation is 1. The summed E-state index contributed by atoms with van der Waals surface area (Å²) in [6.45, 7) is 4.45. The Morgan fingerprint density at radius 2 is 1.89 bits per heavy atom. The molecular weight excluding hydrogens is 261 g/mol. The number of aliphatic hydroxyl groups is 1. The summed E-state index contributed by atoms with van der Waals surface area (Å²) in [5, 5.41) is 13.0. The van der Waals surface area contributed by atoms with Crippen LogP contribution in [0, 0.1) is 5.82 Å². The lowest BCUT2D eigenvalue weighted by Crippen LogP contribution is -2.42. The zero-order chi connectivity index (χ0) is 14.3. The van der Waals surface area contributed by atoms with Gasteiger partial charge in [-0.1, -0.05) is 12.1 Å². The Balaban J connectivity index is 2.34. The van der Waals surface area contributed by atoms with Crippen molar-refractivity contribution >= 4 is 11.8 Å². The fraction of sp³-hybridized carbons (Fsp3) is 0.600. The number of benzene rings is 1. The molecule has 2 N–H and O–H groups in total. The van der Waals surface area contributed by atoms with E-state index >= 15 is 0 Å². The molecule has 0 spiro atoms. The Kier molecular flexibility index (Phi) is 7.42. The van der Waals surface area contributed by atoms with E-state index in [2.05, 4.69) is 19.2 Å². The molecule has 1 aromatic rings. The molecule has 1 aromatic carbocycles. The summed E-state index contributed by atoms with van der Waals surface area (Å²) in [5.41, 5.74) is 1.16. The smallest absolute Gasteiger partial charge is 0.123 e. The molecule has 108 valence electrons. The van der Waals surface area contributed by atoms with Gasteiger partial charge in [0.1, 0.15) is 5.82 Å². The van der Waals surface area contributed by atoms with Gasteiger partial charge in [-0.15, -0.1) is 0 Å². The summed E-state index contributed by atoms with van der Waals surface area (Å²) in [7, 11) is 0. The van der Waals surface area contributed by atoms with E-state index in [1.165, 1.54) is 12.1 Å². The van der Waals surface area contributed by atoms with Crippen molar-refractivity contribution in [2.75, 3.05) is 12.9 Å². The fourth-order valence-corrected chi connectivity index (χ4v) is 2.75. The Morgan fingerprint density at radius 3 is 2.42 bits per heavy atom. The zero-order valence-electron chi connectivity index (χ0n) is 11.9. The second kappa shape index (κ2) is 8.56. The van der Waals surface area contributed by atoms with Crippen molar-refractivity contribution in [2.24, 2.45) is 0 Å². The Hall–Kier alpha value is -0.580. The standard InChI is InChI=1S/C15H24FNOS/c1-11(17-12(2)15(10-18)19-3)4-5-13-6-8-14(16)9-7-13/h6-9,11-12,15,17-18H,4-5,10H2,1-3H3. The number of halogens is 1. The molecule has 0 aliphatic heterocycles. The lowest BCUT2D eigenvalue weighted by Gasteiger charge is -2.25. The topological polar surface area (TPSA) is 32.3 Å². The van der Waals surface area contributed by atoms with Gasteiger partial charge < -0.3 is 10.4 Å². The van der Waals surface area contributed by atoms with Crippen LogP contribution in [0.2, 0.25) is 0 Å². The van der Waals surface area contributed by atoms with Crippen molar-refractivity contribution in [3.05, 3.63) is 35.6 Å². The van der Waals surface area contributed by atoms with Crippen LogP contribution in [0.3, 0.4) is 0 Å². The highest BCUT2D eigenvalue weighted by molar-refractivity contribution is 7.99. The van der Waals surface area contributed by atoms with Crippen molar-refractivity contribution in [3.8, 4) is 0 Å². The summed E-state index contributed by atoms with van der Waals surface area (Å²) in [6.07, 6.45) is 3.95. The van der Waals surface area contributed by atoms with Gasteiger partial charge in [0.2, 0.25) is 0 Å². The van der Waals surface area contributed by atoms with Crippen LogP contribution < -0.4 is 5.32 Å². The van der Waals surface area contributed by atoms with Crippen LogP contribution in [0.5, 0.6) is 0 Å². The quantitative estimate of drug-likeness (QED) is 0.770. The molecule has 0 radical (unpaired) electrons. The van der Waals surface area contributed by atoms with E-state index in [0.717, 1.165) is 18.4 Å². The molecule has 2 nitrogen and oxygen atoms in total. The molecule has 0 aromatic heterocycles. The third-order valence-electron chi connectivity index (χ3n) is 3.37. The van der Waals surface area contributed by atoms with Gasteiger partial charge in [-0.3, -0.25) is 0 Å². The van der Waals surface area contributed by atoms with Crippen molar-refractivity contribution in [3.63, 3.8) is 0 Å². The summed E-state index contributed by atoms with van der Waals surface area (Å²) in [5.74, 6) is -0.186. The first-order valence-electron chi connectivity index (χ1n) is 6.71. The monoisotopic (exact) mass is 285 g/mol. The molecule has 1 rings (SSSR count). The second-order valence-corrected chi connectivity index (χ2v) is 6.06. The summed E-state index contributed by atoms with van der Waals surface area (Å²) in [6, 6.07) is 7.34. The van der Waals surface area contributed by atoms with E-state index in [1.54, 1.807) is 11.8 Å². The molecule has 19 heavy (non-hydrogen) atoms.